The van der Waals surface area contributed by atoms with Gasteiger partial charge in [-0.1, -0.05) is 6.92 Å². The first-order valence-electron chi connectivity index (χ1n) is 6.64. The predicted octanol–water partition coefficient (Wildman–Crippen LogP) is 0.926. The molecule has 0 bridgehead atoms. The van der Waals surface area contributed by atoms with Gasteiger partial charge < -0.3 is 15.5 Å². The van der Waals surface area contributed by atoms with Crippen LogP contribution in [0.4, 0.5) is 11.6 Å². The van der Waals surface area contributed by atoms with E-state index >= 15 is 0 Å². The molecule has 0 aliphatic rings. The molecule has 1 aromatic heterocycles. The van der Waals surface area contributed by atoms with Crippen LogP contribution in [0.1, 0.15) is 26.6 Å². The molecule has 19 heavy (non-hydrogen) atoms. The molecular weight excluding hydrogens is 242 g/mol. The summed E-state index contributed by atoms with van der Waals surface area (Å²) in [6, 6.07) is 1.69. The number of amides is 1. The van der Waals surface area contributed by atoms with Crippen LogP contribution in [0, 0.1) is 0 Å². The molecule has 1 aromatic rings. The SMILES string of the molecule is CCc1nc(N)cc(N(C)CC(=O)N(CC)CC)n1. The third-order valence-corrected chi connectivity index (χ3v) is 2.97. The van der Waals surface area contributed by atoms with Gasteiger partial charge >= 0.3 is 0 Å². The van der Waals surface area contributed by atoms with E-state index in [9.17, 15) is 4.79 Å². The number of carbonyl (C=O) groups is 1. The number of likely N-dealkylation sites (N-methyl/N-ethyl adjacent to an activating group) is 2. The van der Waals surface area contributed by atoms with Gasteiger partial charge in [-0.25, -0.2) is 9.97 Å². The molecule has 6 heteroatoms. The van der Waals surface area contributed by atoms with Gasteiger partial charge in [0.05, 0.1) is 6.54 Å². The van der Waals surface area contributed by atoms with E-state index in [4.69, 9.17) is 5.73 Å². The van der Waals surface area contributed by atoms with Gasteiger partial charge in [0.1, 0.15) is 17.5 Å². The first-order chi connectivity index (χ1) is 9.01. The summed E-state index contributed by atoms with van der Waals surface area (Å²) in [6.45, 7) is 7.64. The van der Waals surface area contributed by atoms with E-state index < -0.39 is 0 Å². The summed E-state index contributed by atoms with van der Waals surface area (Å²) in [4.78, 5) is 24.1. The molecule has 2 N–H and O–H groups in total. The fraction of sp³-hybridized carbons (Fsp3) is 0.615. The van der Waals surface area contributed by atoms with E-state index in [0.29, 0.717) is 24.0 Å². The van der Waals surface area contributed by atoms with Crippen molar-refractivity contribution in [1.82, 2.24) is 14.9 Å². The molecule has 0 aromatic carbocycles. The lowest BCUT2D eigenvalue weighted by Crippen LogP contribution is -2.39. The first-order valence-corrected chi connectivity index (χ1v) is 6.64. The Bertz CT molecular complexity index is 431. The van der Waals surface area contributed by atoms with Gasteiger partial charge in [-0.15, -0.1) is 0 Å². The third-order valence-electron chi connectivity index (χ3n) is 2.97. The van der Waals surface area contributed by atoms with Crippen molar-refractivity contribution < 1.29 is 4.79 Å². The van der Waals surface area contributed by atoms with E-state index in [0.717, 1.165) is 19.5 Å². The lowest BCUT2D eigenvalue weighted by molar-refractivity contribution is -0.129. The van der Waals surface area contributed by atoms with Gasteiger partial charge in [0, 0.05) is 32.6 Å². The summed E-state index contributed by atoms with van der Waals surface area (Å²) in [5, 5.41) is 0. The Hall–Kier alpha value is -1.85. The number of anilines is 2. The zero-order chi connectivity index (χ0) is 14.4. The maximum Gasteiger partial charge on any atom is 0.242 e. The van der Waals surface area contributed by atoms with Crippen LogP contribution in [0.15, 0.2) is 6.07 Å². The number of nitrogens with zero attached hydrogens (tertiary/aromatic N) is 4. The minimum absolute atomic E-state index is 0.0859. The van der Waals surface area contributed by atoms with Crippen molar-refractivity contribution in [2.75, 3.05) is 37.3 Å². The molecule has 0 aliphatic carbocycles. The fourth-order valence-corrected chi connectivity index (χ4v) is 1.82. The number of nitrogens with two attached hydrogens (primary N) is 1. The number of rotatable bonds is 6. The summed E-state index contributed by atoms with van der Waals surface area (Å²) < 4.78 is 0. The van der Waals surface area contributed by atoms with Crippen LogP contribution in [-0.4, -0.2) is 47.5 Å². The van der Waals surface area contributed by atoms with Gasteiger partial charge in [0.25, 0.3) is 0 Å². The topological polar surface area (TPSA) is 75.3 Å². The lowest BCUT2D eigenvalue weighted by atomic mass is 10.4. The van der Waals surface area contributed by atoms with Crippen molar-refractivity contribution in [2.45, 2.75) is 27.2 Å². The van der Waals surface area contributed by atoms with Gasteiger partial charge in [-0.2, -0.15) is 0 Å². The van der Waals surface area contributed by atoms with Crippen molar-refractivity contribution in [3.8, 4) is 0 Å². The first kappa shape index (κ1) is 15.2. The summed E-state index contributed by atoms with van der Waals surface area (Å²) in [5.41, 5.74) is 5.74. The van der Waals surface area contributed by atoms with E-state index in [1.54, 1.807) is 15.9 Å². The molecule has 0 fully saturated rings. The molecule has 0 aliphatic heterocycles. The molecule has 1 amide bonds. The average Bonchev–Trinajstić information content (AvgIpc) is 2.39. The van der Waals surface area contributed by atoms with E-state index in [-0.39, 0.29) is 5.91 Å². The Morgan fingerprint density at radius 1 is 1.26 bits per heavy atom. The molecule has 0 saturated heterocycles. The molecule has 0 saturated carbocycles. The monoisotopic (exact) mass is 265 g/mol. The maximum atomic E-state index is 12.0. The molecule has 6 nitrogen and oxygen atoms in total. The fourth-order valence-electron chi connectivity index (χ4n) is 1.82. The Morgan fingerprint density at radius 2 is 1.89 bits per heavy atom. The van der Waals surface area contributed by atoms with Crippen LogP contribution in [0.3, 0.4) is 0 Å². The van der Waals surface area contributed by atoms with Gasteiger partial charge in [-0.05, 0) is 13.8 Å². The van der Waals surface area contributed by atoms with Crippen LogP contribution in [0.2, 0.25) is 0 Å². The van der Waals surface area contributed by atoms with Crippen LogP contribution in [0.25, 0.3) is 0 Å². The molecule has 1 rings (SSSR count). The third kappa shape index (κ3) is 4.08. The standard InChI is InChI=1S/C13H23N5O/c1-5-11-15-10(14)8-12(16-11)17(4)9-13(19)18(6-2)7-3/h8H,5-7,9H2,1-4H3,(H2,14,15,16). The number of aryl methyl sites for hydroxylation is 1. The minimum atomic E-state index is 0.0859. The summed E-state index contributed by atoms with van der Waals surface area (Å²) in [7, 11) is 1.84. The summed E-state index contributed by atoms with van der Waals surface area (Å²) in [6.07, 6.45) is 0.718. The second kappa shape index (κ2) is 6.92. The molecule has 106 valence electrons. The maximum absolute atomic E-state index is 12.0. The number of hydrogen-bond acceptors (Lipinski definition) is 5. The molecule has 0 atom stereocenters. The highest BCUT2D eigenvalue weighted by Gasteiger charge is 2.14. The van der Waals surface area contributed by atoms with E-state index in [2.05, 4.69) is 9.97 Å². The van der Waals surface area contributed by atoms with Gasteiger partial charge in [-0.3, -0.25) is 4.79 Å². The zero-order valence-electron chi connectivity index (χ0n) is 12.2. The van der Waals surface area contributed by atoms with Crippen LogP contribution < -0.4 is 10.6 Å². The zero-order valence-corrected chi connectivity index (χ0v) is 12.2. The molecule has 0 radical (unpaired) electrons. The number of aromatic nitrogens is 2. The highest BCUT2D eigenvalue weighted by molar-refractivity contribution is 5.81. The Morgan fingerprint density at radius 3 is 2.42 bits per heavy atom. The quantitative estimate of drug-likeness (QED) is 0.828. The molecular formula is C13H23N5O. The van der Waals surface area contributed by atoms with Crippen LogP contribution >= 0.6 is 0 Å². The largest absolute Gasteiger partial charge is 0.384 e. The van der Waals surface area contributed by atoms with E-state index in [1.165, 1.54) is 0 Å². The molecule has 0 unspecified atom stereocenters. The Labute approximate surface area is 114 Å². The number of carbonyl (C=O) groups excluding carboxylic acids is 1. The normalized spacial score (nSPS) is 10.3. The van der Waals surface area contributed by atoms with Crippen LogP contribution in [-0.2, 0) is 11.2 Å². The van der Waals surface area contributed by atoms with Crippen molar-refractivity contribution >= 4 is 17.5 Å². The van der Waals surface area contributed by atoms with E-state index in [1.807, 2.05) is 27.8 Å². The van der Waals surface area contributed by atoms with Gasteiger partial charge in [0.2, 0.25) is 5.91 Å². The molecule has 0 spiro atoms. The number of hydrogen-bond donors (Lipinski definition) is 1. The van der Waals surface area contributed by atoms with Gasteiger partial charge in [0.15, 0.2) is 0 Å². The average molecular weight is 265 g/mol. The van der Waals surface area contributed by atoms with Crippen LogP contribution in [0.5, 0.6) is 0 Å². The Balaban J connectivity index is 2.80. The smallest absolute Gasteiger partial charge is 0.242 e. The van der Waals surface area contributed by atoms with Crippen molar-refractivity contribution in [2.24, 2.45) is 0 Å². The lowest BCUT2D eigenvalue weighted by Gasteiger charge is -2.24. The Kier molecular flexibility index (Phi) is 5.54. The highest BCUT2D eigenvalue weighted by atomic mass is 16.2. The second-order valence-electron chi connectivity index (χ2n) is 4.34. The second-order valence-corrected chi connectivity index (χ2v) is 4.34. The minimum Gasteiger partial charge on any atom is -0.384 e. The number of nitrogen functional groups attached to an aromatic ring is 1. The summed E-state index contributed by atoms with van der Waals surface area (Å²) in [5.74, 6) is 1.90. The van der Waals surface area contributed by atoms with Crippen molar-refractivity contribution in [1.29, 1.82) is 0 Å². The molecule has 1 heterocycles. The highest BCUT2D eigenvalue weighted by Crippen LogP contribution is 2.13. The predicted molar refractivity (Wildman–Crippen MR) is 77.0 cm³/mol. The van der Waals surface area contributed by atoms with Crippen molar-refractivity contribution in [3.63, 3.8) is 0 Å². The summed E-state index contributed by atoms with van der Waals surface area (Å²) >= 11 is 0. The van der Waals surface area contributed by atoms with Crippen molar-refractivity contribution in [3.05, 3.63) is 11.9 Å².